The van der Waals surface area contributed by atoms with E-state index in [9.17, 15) is 0 Å². The van der Waals surface area contributed by atoms with Gasteiger partial charge in [0.15, 0.2) is 0 Å². The maximum Gasteiger partial charge on any atom is 0.292 e. The minimum absolute atomic E-state index is 0.139. The van der Waals surface area contributed by atoms with Crippen LogP contribution in [0.25, 0.3) is 0 Å². The molecule has 0 aliphatic carbocycles. The third-order valence-corrected chi connectivity index (χ3v) is 1.99. The Kier molecular flexibility index (Phi) is 2.78. The van der Waals surface area contributed by atoms with E-state index in [1.807, 2.05) is 12.1 Å². The number of hydrogen-bond acceptors (Lipinski definition) is 4. The number of ether oxygens (including phenoxy) is 1. The molecule has 0 aliphatic rings. The molecule has 4 nitrogen and oxygen atoms in total. The van der Waals surface area contributed by atoms with Crippen LogP contribution >= 0.6 is 11.6 Å². The highest BCUT2D eigenvalue weighted by molar-refractivity contribution is 6.30. The molecule has 1 heterocycles. The molecule has 0 aliphatic heterocycles. The van der Waals surface area contributed by atoms with E-state index >= 15 is 0 Å². The molecule has 0 radical (unpaired) electrons. The van der Waals surface area contributed by atoms with Gasteiger partial charge in [0.25, 0.3) is 6.01 Å². The molecule has 78 valence electrons. The largest absolute Gasteiger partial charge is 0.487 e. The Labute approximate surface area is 91.6 Å². The predicted molar refractivity (Wildman–Crippen MR) is 56.7 cm³/mol. The number of anilines is 1. The van der Waals surface area contributed by atoms with Crippen molar-refractivity contribution < 1.29 is 9.15 Å². The molecule has 0 bridgehead atoms. The van der Waals surface area contributed by atoms with Crippen molar-refractivity contribution in [2.75, 3.05) is 5.73 Å². The van der Waals surface area contributed by atoms with E-state index in [2.05, 4.69) is 4.98 Å². The van der Waals surface area contributed by atoms with Crippen molar-refractivity contribution in [1.29, 1.82) is 0 Å². The molecule has 0 spiro atoms. The van der Waals surface area contributed by atoms with Crippen molar-refractivity contribution in [3.05, 3.63) is 41.2 Å². The first-order valence-electron chi connectivity index (χ1n) is 4.32. The third-order valence-electron chi connectivity index (χ3n) is 1.75. The Hall–Kier alpha value is -1.68. The third kappa shape index (κ3) is 2.63. The van der Waals surface area contributed by atoms with Crippen molar-refractivity contribution in [3.63, 3.8) is 0 Å². The minimum Gasteiger partial charge on any atom is -0.487 e. The Bertz CT molecular complexity index is 456. The average molecular weight is 225 g/mol. The van der Waals surface area contributed by atoms with Crippen LogP contribution in [0.15, 0.2) is 34.9 Å². The number of nitrogens with zero attached hydrogens (tertiary/aromatic N) is 1. The van der Waals surface area contributed by atoms with Crippen LogP contribution in [0.1, 0.15) is 5.69 Å². The molecule has 1 aromatic heterocycles. The van der Waals surface area contributed by atoms with E-state index in [4.69, 9.17) is 26.5 Å². The monoisotopic (exact) mass is 224 g/mol. The highest BCUT2D eigenvalue weighted by atomic mass is 35.5. The van der Waals surface area contributed by atoms with Gasteiger partial charge in [0.1, 0.15) is 24.3 Å². The van der Waals surface area contributed by atoms with Gasteiger partial charge >= 0.3 is 0 Å². The molecule has 2 rings (SSSR count). The molecular formula is C10H9ClN2O2. The van der Waals surface area contributed by atoms with Gasteiger partial charge in [-0.3, -0.25) is 0 Å². The fraction of sp³-hybridized carbons (Fsp3) is 0.100. The van der Waals surface area contributed by atoms with Crippen LogP contribution in [0.4, 0.5) is 6.01 Å². The molecule has 1 aromatic carbocycles. The van der Waals surface area contributed by atoms with Crippen molar-refractivity contribution in [1.82, 2.24) is 4.98 Å². The van der Waals surface area contributed by atoms with Gasteiger partial charge in [-0.05, 0) is 18.2 Å². The highest BCUT2D eigenvalue weighted by Crippen LogP contribution is 2.18. The second-order valence-corrected chi connectivity index (χ2v) is 3.36. The summed E-state index contributed by atoms with van der Waals surface area (Å²) in [7, 11) is 0. The summed E-state index contributed by atoms with van der Waals surface area (Å²) in [5, 5.41) is 0.632. The van der Waals surface area contributed by atoms with Crippen LogP contribution in [0.2, 0.25) is 5.02 Å². The van der Waals surface area contributed by atoms with Gasteiger partial charge < -0.3 is 14.9 Å². The summed E-state index contributed by atoms with van der Waals surface area (Å²) in [5.74, 6) is 0.684. The van der Waals surface area contributed by atoms with Gasteiger partial charge in [0.2, 0.25) is 0 Å². The zero-order valence-electron chi connectivity index (χ0n) is 7.81. The summed E-state index contributed by atoms with van der Waals surface area (Å²) in [4.78, 5) is 3.90. The van der Waals surface area contributed by atoms with E-state index < -0.39 is 0 Å². The molecule has 0 saturated heterocycles. The standard InChI is InChI=1S/C10H9ClN2O2/c11-7-2-1-3-9(4-7)14-5-8-6-15-10(12)13-8/h1-4,6H,5H2,(H2,12,13). The average Bonchev–Trinajstić information content (AvgIpc) is 2.62. The summed E-state index contributed by atoms with van der Waals surface area (Å²) in [6.07, 6.45) is 1.46. The molecule has 5 heteroatoms. The molecule has 2 aromatic rings. The lowest BCUT2D eigenvalue weighted by Crippen LogP contribution is -1.96. The number of oxazole rings is 1. The summed E-state index contributed by atoms with van der Waals surface area (Å²) in [6, 6.07) is 7.28. The first kappa shape index (κ1) is 9.86. The quantitative estimate of drug-likeness (QED) is 0.870. The summed E-state index contributed by atoms with van der Waals surface area (Å²) in [6.45, 7) is 0.307. The predicted octanol–water partition coefficient (Wildman–Crippen LogP) is 2.49. The van der Waals surface area contributed by atoms with Gasteiger partial charge in [0.05, 0.1) is 0 Å². The lowest BCUT2D eigenvalue weighted by molar-refractivity contribution is 0.301. The zero-order chi connectivity index (χ0) is 10.7. The van der Waals surface area contributed by atoms with Crippen molar-refractivity contribution in [2.24, 2.45) is 0 Å². The minimum atomic E-state index is 0.139. The molecular weight excluding hydrogens is 216 g/mol. The molecule has 2 N–H and O–H groups in total. The summed E-state index contributed by atoms with van der Waals surface area (Å²) in [5.41, 5.74) is 5.96. The normalized spacial score (nSPS) is 10.2. The second-order valence-electron chi connectivity index (χ2n) is 2.92. The number of aromatic nitrogens is 1. The van der Waals surface area contributed by atoms with E-state index in [0.717, 1.165) is 0 Å². The Morgan fingerprint density at radius 1 is 1.47 bits per heavy atom. The number of nitrogens with two attached hydrogens (primary N) is 1. The highest BCUT2D eigenvalue weighted by Gasteiger charge is 2.01. The number of nitrogen functional groups attached to an aromatic ring is 1. The van der Waals surface area contributed by atoms with Crippen LogP contribution in [0.5, 0.6) is 5.75 Å². The summed E-state index contributed by atoms with van der Waals surface area (Å²) >= 11 is 5.80. The van der Waals surface area contributed by atoms with Crippen LogP contribution in [0, 0.1) is 0 Å². The first-order chi connectivity index (χ1) is 7.24. The topological polar surface area (TPSA) is 61.3 Å². The Morgan fingerprint density at radius 2 is 2.33 bits per heavy atom. The fourth-order valence-electron chi connectivity index (χ4n) is 1.10. The van der Waals surface area contributed by atoms with Gasteiger partial charge in [-0.15, -0.1) is 0 Å². The fourth-order valence-corrected chi connectivity index (χ4v) is 1.28. The lowest BCUT2D eigenvalue weighted by atomic mass is 10.3. The maximum absolute atomic E-state index is 5.80. The number of rotatable bonds is 3. The molecule has 15 heavy (non-hydrogen) atoms. The first-order valence-corrected chi connectivity index (χ1v) is 4.70. The van der Waals surface area contributed by atoms with Crippen LogP contribution in [-0.4, -0.2) is 4.98 Å². The van der Waals surface area contributed by atoms with E-state index in [1.165, 1.54) is 6.26 Å². The van der Waals surface area contributed by atoms with Gasteiger partial charge in [-0.2, -0.15) is 4.98 Å². The molecule has 0 atom stereocenters. The number of benzene rings is 1. The Balaban J connectivity index is 1.99. The second kappa shape index (κ2) is 4.23. The molecule has 0 unspecified atom stereocenters. The molecule has 0 amide bonds. The van der Waals surface area contributed by atoms with Crippen LogP contribution in [0.3, 0.4) is 0 Å². The van der Waals surface area contributed by atoms with Crippen molar-refractivity contribution in [2.45, 2.75) is 6.61 Å². The molecule has 0 fully saturated rings. The molecule has 0 saturated carbocycles. The SMILES string of the molecule is Nc1nc(COc2cccc(Cl)c2)co1. The summed E-state index contributed by atoms with van der Waals surface area (Å²) < 4.78 is 10.3. The lowest BCUT2D eigenvalue weighted by Gasteiger charge is -2.03. The van der Waals surface area contributed by atoms with Crippen LogP contribution < -0.4 is 10.5 Å². The van der Waals surface area contributed by atoms with Gasteiger partial charge in [-0.1, -0.05) is 17.7 Å². The van der Waals surface area contributed by atoms with E-state index in [-0.39, 0.29) is 6.01 Å². The number of hydrogen-bond donors (Lipinski definition) is 1. The van der Waals surface area contributed by atoms with E-state index in [1.54, 1.807) is 12.1 Å². The zero-order valence-corrected chi connectivity index (χ0v) is 8.57. The van der Waals surface area contributed by atoms with Crippen molar-refractivity contribution >= 4 is 17.6 Å². The van der Waals surface area contributed by atoms with Gasteiger partial charge in [0, 0.05) is 5.02 Å². The smallest absolute Gasteiger partial charge is 0.292 e. The number of halogens is 1. The van der Waals surface area contributed by atoms with Gasteiger partial charge in [-0.25, -0.2) is 0 Å². The van der Waals surface area contributed by atoms with Crippen LogP contribution in [-0.2, 0) is 6.61 Å². The van der Waals surface area contributed by atoms with Crippen molar-refractivity contribution in [3.8, 4) is 5.75 Å². The Morgan fingerprint density at radius 3 is 3.00 bits per heavy atom. The maximum atomic E-state index is 5.80. The van der Waals surface area contributed by atoms with E-state index in [0.29, 0.717) is 23.1 Å².